The monoisotopic (exact) mass is 853 g/mol. The molecule has 0 N–H and O–H groups in total. The van der Waals surface area contributed by atoms with Crippen LogP contribution in [0.3, 0.4) is 0 Å². The summed E-state index contributed by atoms with van der Waals surface area (Å²) in [5, 5.41) is 7.42. The Bertz CT molecular complexity index is 3850. The Morgan fingerprint density at radius 3 is 1.56 bits per heavy atom. The number of pyridine rings is 1. The van der Waals surface area contributed by atoms with E-state index in [0.29, 0.717) is 0 Å². The molecule has 0 aliphatic rings. The molecular formula is C59H39N3S2. The molecule has 0 aliphatic heterocycles. The number of nitrogens with zero attached hydrogens (tertiary/aromatic N) is 3. The zero-order valence-corrected chi connectivity index (χ0v) is 36.3. The maximum atomic E-state index is 5.28. The molecular weight excluding hydrogens is 815 g/mol. The SMILES string of the molecule is c1ccc(-c2ccc(-n3c4ccccc4c4cc5c(cc43)c3ccccc3n5-c3cc(S(c4ccccc4)(c4ccccc4)c4cccc5c4sc4ccccc45)ccn3)cc2)cc1. The van der Waals surface area contributed by atoms with Gasteiger partial charge in [-0.1, -0.05) is 146 Å². The van der Waals surface area contributed by atoms with E-state index in [0.717, 1.165) is 22.5 Å². The minimum atomic E-state index is -2.06. The first kappa shape index (κ1) is 36.9. The normalized spacial score (nSPS) is 12.3. The Morgan fingerprint density at radius 1 is 0.359 bits per heavy atom. The molecule has 4 aromatic heterocycles. The van der Waals surface area contributed by atoms with E-state index in [2.05, 4.69) is 240 Å². The average molecular weight is 854 g/mol. The molecule has 9 aromatic carbocycles. The summed E-state index contributed by atoms with van der Waals surface area (Å²) >= 11 is 1.90. The molecule has 0 fully saturated rings. The van der Waals surface area contributed by atoms with Gasteiger partial charge in [0.1, 0.15) is 5.82 Å². The average Bonchev–Trinajstić information content (AvgIpc) is 4.02. The molecule has 13 aromatic rings. The van der Waals surface area contributed by atoms with E-state index >= 15 is 0 Å². The van der Waals surface area contributed by atoms with Crippen LogP contribution in [0.25, 0.3) is 86.4 Å². The molecule has 0 saturated heterocycles. The van der Waals surface area contributed by atoms with Crippen molar-refractivity contribution in [1.29, 1.82) is 0 Å². The predicted octanol–water partition coefficient (Wildman–Crippen LogP) is 16.7. The highest BCUT2D eigenvalue weighted by Crippen LogP contribution is 2.75. The van der Waals surface area contributed by atoms with Crippen molar-refractivity contribution < 1.29 is 0 Å². The summed E-state index contributed by atoms with van der Waals surface area (Å²) in [6.07, 6.45) is 2.04. The van der Waals surface area contributed by atoms with E-state index < -0.39 is 10.0 Å². The molecule has 5 heteroatoms. The van der Waals surface area contributed by atoms with Crippen LogP contribution in [0.2, 0.25) is 0 Å². The van der Waals surface area contributed by atoms with E-state index in [1.54, 1.807) is 0 Å². The van der Waals surface area contributed by atoms with Crippen molar-refractivity contribution >= 4 is 85.1 Å². The molecule has 0 spiro atoms. The second kappa shape index (κ2) is 14.7. The number of aromatic nitrogens is 3. The van der Waals surface area contributed by atoms with Crippen molar-refractivity contribution in [1.82, 2.24) is 14.1 Å². The zero-order valence-electron chi connectivity index (χ0n) is 34.7. The lowest BCUT2D eigenvalue weighted by molar-refractivity contribution is 1.06. The van der Waals surface area contributed by atoms with Crippen LogP contribution in [-0.2, 0) is 0 Å². The third-order valence-electron chi connectivity index (χ3n) is 12.9. The van der Waals surface area contributed by atoms with Crippen molar-refractivity contribution in [3.8, 4) is 22.6 Å². The number of benzene rings is 9. The van der Waals surface area contributed by atoms with Crippen LogP contribution in [0.4, 0.5) is 0 Å². The molecule has 0 radical (unpaired) electrons. The number of fused-ring (bicyclic) bond motifs is 9. The largest absolute Gasteiger partial charge is 0.309 e. The Kier molecular flexibility index (Phi) is 8.48. The van der Waals surface area contributed by atoms with Gasteiger partial charge in [0.2, 0.25) is 0 Å². The molecule has 3 nitrogen and oxygen atoms in total. The fourth-order valence-corrected chi connectivity index (χ4v) is 15.6. The Morgan fingerprint density at radius 2 is 0.891 bits per heavy atom. The van der Waals surface area contributed by atoms with Gasteiger partial charge in [-0.05, 0) is 96.1 Å². The Balaban J connectivity index is 1.08. The number of hydrogen-bond donors (Lipinski definition) is 0. The molecule has 64 heavy (non-hydrogen) atoms. The Labute approximate surface area is 376 Å². The van der Waals surface area contributed by atoms with Gasteiger partial charge < -0.3 is 4.57 Å². The summed E-state index contributed by atoms with van der Waals surface area (Å²) in [6.45, 7) is 0. The van der Waals surface area contributed by atoms with E-state index in [1.165, 1.54) is 83.5 Å². The number of thiophene rings is 1. The van der Waals surface area contributed by atoms with Gasteiger partial charge >= 0.3 is 0 Å². The highest BCUT2D eigenvalue weighted by Gasteiger charge is 2.36. The van der Waals surface area contributed by atoms with Gasteiger partial charge in [-0.2, -0.15) is 0 Å². The summed E-state index contributed by atoms with van der Waals surface area (Å²) in [5.41, 5.74) is 8.18. The van der Waals surface area contributed by atoms with Crippen LogP contribution in [0.1, 0.15) is 0 Å². The minimum Gasteiger partial charge on any atom is -0.309 e. The molecule has 4 heterocycles. The summed E-state index contributed by atoms with van der Waals surface area (Å²) in [7, 11) is -2.06. The van der Waals surface area contributed by atoms with Gasteiger partial charge in [0.15, 0.2) is 0 Å². The molecule has 0 saturated carbocycles. The molecule has 0 bridgehead atoms. The number of hydrogen-bond acceptors (Lipinski definition) is 2. The molecule has 13 rings (SSSR count). The maximum Gasteiger partial charge on any atom is 0.138 e. The fourth-order valence-electron chi connectivity index (χ4n) is 10.1. The standard InChI is InChI=1S/C59H39N3S2/c1-4-17-40(18-5-1)41-31-33-42(34-32-41)61-52-27-13-10-23-46(52)50-39-55-51(38-54(50)61)47-24-11-14-28-53(47)62(55)58-37-45(35-36-60-58)64(43-19-6-2-7-20-43,44-21-8-3-9-22-44)57-30-16-26-49-48-25-12-15-29-56(48)63-59(49)57/h1-39H. The van der Waals surface area contributed by atoms with Crippen LogP contribution < -0.4 is 0 Å². The van der Waals surface area contributed by atoms with Crippen LogP contribution in [-0.4, -0.2) is 14.1 Å². The van der Waals surface area contributed by atoms with Gasteiger partial charge in [-0.15, -0.1) is 21.4 Å². The van der Waals surface area contributed by atoms with Crippen molar-refractivity contribution in [3.63, 3.8) is 0 Å². The second-order valence-electron chi connectivity index (χ2n) is 16.3. The maximum absolute atomic E-state index is 5.28. The molecule has 0 unspecified atom stereocenters. The third kappa shape index (κ3) is 5.51. The predicted molar refractivity (Wildman–Crippen MR) is 271 cm³/mol. The van der Waals surface area contributed by atoms with Crippen molar-refractivity contribution in [2.75, 3.05) is 0 Å². The topological polar surface area (TPSA) is 22.8 Å². The van der Waals surface area contributed by atoms with Crippen molar-refractivity contribution in [2.45, 2.75) is 19.6 Å². The van der Waals surface area contributed by atoms with Gasteiger partial charge in [-0.3, -0.25) is 4.57 Å². The van der Waals surface area contributed by atoms with E-state index in [9.17, 15) is 0 Å². The smallest absolute Gasteiger partial charge is 0.138 e. The lowest BCUT2D eigenvalue weighted by atomic mass is 10.1. The summed E-state index contributed by atoms with van der Waals surface area (Å²) in [6, 6.07) is 84.8. The summed E-state index contributed by atoms with van der Waals surface area (Å²) < 4.78 is 7.46. The first-order valence-corrected chi connectivity index (χ1v) is 24.1. The molecule has 302 valence electrons. The van der Waals surface area contributed by atoms with E-state index in [-0.39, 0.29) is 0 Å². The van der Waals surface area contributed by atoms with Gasteiger partial charge in [-0.25, -0.2) is 4.98 Å². The van der Waals surface area contributed by atoms with Crippen molar-refractivity contribution in [2.24, 2.45) is 0 Å². The van der Waals surface area contributed by atoms with Crippen LogP contribution in [0, 0.1) is 0 Å². The Hall–Kier alpha value is -7.70. The van der Waals surface area contributed by atoms with Gasteiger partial charge in [0, 0.05) is 73.2 Å². The third-order valence-corrected chi connectivity index (χ3v) is 18.2. The fraction of sp³-hybridized carbons (Fsp3) is 0. The van der Waals surface area contributed by atoms with Gasteiger partial charge in [0.25, 0.3) is 0 Å². The summed E-state index contributed by atoms with van der Waals surface area (Å²) in [5.74, 6) is 0.899. The minimum absolute atomic E-state index is 0.899. The number of rotatable bonds is 7. The molecule has 0 atom stereocenters. The zero-order chi connectivity index (χ0) is 42.2. The van der Waals surface area contributed by atoms with Crippen LogP contribution >= 0.6 is 21.4 Å². The quantitative estimate of drug-likeness (QED) is 0.157. The van der Waals surface area contributed by atoms with E-state index in [1.807, 2.05) is 17.5 Å². The van der Waals surface area contributed by atoms with Gasteiger partial charge in [0.05, 0.1) is 22.1 Å². The highest BCUT2D eigenvalue weighted by molar-refractivity contribution is 8.34. The molecule has 0 amide bonds. The molecule has 0 aliphatic carbocycles. The second-order valence-corrected chi connectivity index (χ2v) is 20.5. The first-order valence-electron chi connectivity index (χ1n) is 21.7. The lowest BCUT2D eigenvalue weighted by Crippen LogP contribution is -2.07. The lowest BCUT2D eigenvalue weighted by Gasteiger charge is -2.42. The van der Waals surface area contributed by atoms with Crippen LogP contribution in [0.15, 0.2) is 256 Å². The van der Waals surface area contributed by atoms with Crippen molar-refractivity contribution in [3.05, 3.63) is 237 Å². The summed E-state index contributed by atoms with van der Waals surface area (Å²) in [4.78, 5) is 10.4. The van der Waals surface area contributed by atoms with Crippen LogP contribution in [0.5, 0.6) is 0 Å². The highest BCUT2D eigenvalue weighted by atomic mass is 32.3. The first-order chi connectivity index (χ1) is 31.8. The number of para-hydroxylation sites is 2. The van der Waals surface area contributed by atoms with E-state index in [4.69, 9.17) is 4.98 Å².